The minimum Gasteiger partial charge on any atom is -0.309 e. The van der Waals surface area contributed by atoms with E-state index in [1.807, 2.05) is 18.3 Å². The van der Waals surface area contributed by atoms with Crippen molar-refractivity contribution in [2.24, 2.45) is 0 Å². The molecule has 0 atom stereocenters. The molecule has 0 unspecified atom stereocenters. The summed E-state index contributed by atoms with van der Waals surface area (Å²) in [6.07, 6.45) is 1.90. The summed E-state index contributed by atoms with van der Waals surface area (Å²) < 4.78 is 4.74. The van der Waals surface area contributed by atoms with E-state index >= 15 is 0 Å². The second-order valence-corrected chi connectivity index (χ2v) is 14.2. The molecule has 4 nitrogen and oxygen atoms in total. The van der Waals surface area contributed by atoms with Crippen LogP contribution in [0.15, 0.2) is 206 Å². The van der Waals surface area contributed by atoms with Gasteiger partial charge in [0.05, 0.1) is 39.0 Å². The van der Waals surface area contributed by atoms with E-state index in [1.54, 1.807) is 0 Å². The topological polar surface area (TPSA) is 35.6 Å². The third-order valence-corrected chi connectivity index (χ3v) is 10.9. The van der Waals surface area contributed by atoms with Gasteiger partial charge in [-0.05, 0) is 83.4 Å². The number of fused-ring (bicyclic) bond motifs is 6. The van der Waals surface area contributed by atoms with Gasteiger partial charge in [0, 0.05) is 50.4 Å². The van der Waals surface area contributed by atoms with Crippen LogP contribution in [-0.2, 0) is 0 Å². The van der Waals surface area contributed by atoms with Crippen LogP contribution in [0.3, 0.4) is 0 Å². The number of hydrogen-bond donors (Lipinski definition) is 0. The van der Waals surface area contributed by atoms with Crippen molar-refractivity contribution >= 4 is 43.7 Å². The molecule has 0 N–H and O–H groups in total. The van der Waals surface area contributed by atoms with Crippen LogP contribution in [0.1, 0.15) is 0 Å². The Morgan fingerprint density at radius 3 is 1.79 bits per heavy atom. The van der Waals surface area contributed by atoms with E-state index < -0.39 is 0 Å². The largest absolute Gasteiger partial charge is 0.309 e. The summed E-state index contributed by atoms with van der Waals surface area (Å²) in [6.45, 7) is 0. The van der Waals surface area contributed by atoms with Crippen LogP contribution in [0.4, 0.5) is 0 Å². The van der Waals surface area contributed by atoms with Crippen LogP contribution in [0.5, 0.6) is 0 Å². The second kappa shape index (κ2) is 13.1. The van der Waals surface area contributed by atoms with Crippen molar-refractivity contribution < 1.29 is 0 Å². The van der Waals surface area contributed by atoms with E-state index in [1.165, 1.54) is 27.4 Å². The summed E-state index contributed by atoms with van der Waals surface area (Å²) in [5.74, 6) is 0. The number of pyridine rings is 2. The maximum absolute atomic E-state index is 5.24. The average Bonchev–Trinajstić information content (AvgIpc) is 3.80. The van der Waals surface area contributed by atoms with E-state index in [9.17, 15) is 0 Å². The fraction of sp³-hybridized carbons (Fsp3) is 0. The van der Waals surface area contributed by atoms with Crippen LogP contribution in [0.2, 0.25) is 0 Å². The predicted octanol–water partition coefficient (Wildman–Crippen LogP) is 13.3. The van der Waals surface area contributed by atoms with Crippen molar-refractivity contribution in [2.75, 3.05) is 0 Å². The summed E-state index contributed by atoms with van der Waals surface area (Å²) in [4.78, 5) is 10.2. The molecule has 4 heteroatoms. The van der Waals surface area contributed by atoms with Gasteiger partial charge < -0.3 is 9.13 Å². The van der Waals surface area contributed by atoms with Crippen LogP contribution in [-0.4, -0.2) is 19.1 Å². The molecule has 7 aromatic carbocycles. The number of nitrogens with zero attached hydrogens (tertiary/aromatic N) is 4. The number of para-hydroxylation sites is 3. The van der Waals surface area contributed by atoms with Gasteiger partial charge in [-0.15, -0.1) is 0 Å². The lowest BCUT2D eigenvalue weighted by atomic mass is 10.00. The third kappa shape index (κ3) is 5.23. The highest BCUT2D eigenvalue weighted by atomic mass is 15.0. The predicted molar refractivity (Wildman–Crippen MR) is 232 cm³/mol. The van der Waals surface area contributed by atoms with Gasteiger partial charge in [0.2, 0.25) is 0 Å². The van der Waals surface area contributed by atoms with E-state index in [0.717, 1.165) is 72.5 Å². The Morgan fingerprint density at radius 2 is 0.964 bits per heavy atom. The van der Waals surface area contributed by atoms with Gasteiger partial charge in [-0.25, -0.2) is 4.98 Å². The van der Waals surface area contributed by atoms with Crippen LogP contribution < -0.4 is 0 Å². The normalized spacial score (nSPS) is 11.6. The average molecular weight is 715 g/mol. The zero-order chi connectivity index (χ0) is 37.0. The Bertz CT molecular complexity index is 3170. The molecule has 0 saturated heterocycles. The molecule has 0 aliphatic rings. The summed E-state index contributed by atoms with van der Waals surface area (Å²) in [5, 5.41) is 3.59. The monoisotopic (exact) mass is 714 g/mol. The molecule has 56 heavy (non-hydrogen) atoms. The standard InChI is InChI=1S/C52H34N4/c1-4-15-35(16-5-1)39-33-46(36-17-6-2-7-18-36)54-47(34-39)38-19-12-22-41(31-38)55-49-29-28-37(32-45(49)51-50(55)27-14-30-53-51)42-24-13-25-44-43-23-10-11-26-48(43)56(52(42)44)40-20-8-3-9-21-40/h1-34H. The molecule has 11 rings (SSSR count). The third-order valence-electron chi connectivity index (χ3n) is 10.9. The van der Waals surface area contributed by atoms with E-state index in [0.29, 0.717) is 0 Å². The second-order valence-electron chi connectivity index (χ2n) is 14.2. The van der Waals surface area contributed by atoms with E-state index in [-0.39, 0.29) is 0 Å². The highest BCUT2D eigenvalue weighted by molar-refractivity contribution is 6.15. The fourth-order valence-electron chi connectivity index (χ4n) is 8.41. The lowest BCUT2D eigenvalue weighted by Gasteiger charge is -2.13. The van der Waals surface area contributed by atoms with Gasteiger partial charge in [0.15, 0.2) is 0 Å². The highest BCUT2D eigenvalue weighted by Gasteiger charge is 2.19. The Hall–Kier alpha value is -7.56. The van der Waals surface area contributed by atoms with Crippen molar-refractivity contribution in [2.45, 2.75) is 0 Å². The van der Waals surface area contributed by atoms with E-state index in [2.05, 4.69) is 197 Å². The summed E-state index contributed by atoms with van der Waals surface area (Å²) in [6, 6.07) is 71.2. The molecule has 0 aliphatic heterocycles. The minimum absolute atomic E-state index is 0.926. The van der Waals surface area contributed by atoms with Crippen LogP contribution >= 0.6 is 0 Å². The molecule has 0 spiro atoms. The number of rotatable bonds is 6. The quantitative estimate of drug-likeness (QED) is 0.172. The Morgan fingerprint density at radius 1 is 0.339 bits per heavy atom. The molecular weight excluding hydrogens is 681 g/mol. The molecule has 4 heterocycles. The smallest absolute Gasteiger partial charge is 0.0963 e. The van der Waals surface area contributed by atoms with E-state index in [4.69, 9.17) is 9.97 Å². The number of hydrogen-bond acceptors (Lipinski definition) is 2. The maximum atomic E-state index is 5.24. The van der Waals surface area contributed by atoms with Crippen molar-refractivity contribution in [1.82, 2.24) is 19.1 Å². The van der Waals surface area contributed by atoms with Crippen LogP contribution in [0, 0.1) is 0 Å². The summed E-state index contributed by atoms with van der Waals surface area (Å²) in [5.41, 5.74) is 16.4. The SMILES string of the molecule is c1ccc(-c2cc(-c3ccccc3)nc(-c3cccc(-n4c5ccc(-c6cccc7c8ccccc8n(-c8ccccc8)c67)cc5c5ncccc54)c3)c2)cc1. The molecule has 262 valence electrons. The molecule has 11 aromatic rings. The first-order valence-electron chi connectivity index (χ1n) is 19.0. The van der Waals surface area contributed by atoms with Gasteiger partial charge in [-0.2, -0.15) is 0 Å². The van der Waals surface area contributed by atoms with Gasteiger partial charge in [-0.3, -0.25) is 4.98 Å². The summed E-state index contributed by atoms with van der Waals surface area (Å²) in [7, 11) is 0. The molecule has 0 saturated carbocycles. The number of benzene rings is 7. The maximum Gasteiger partial charge on any atom is 0.0963 e. The minimum atomic E-state index is 0.926. The Balaban J connectivity index is 1.09. The Labute approximate surface area is 324 Å². The zero-order valence-corrected chi connectivity index (χ0v) is 30.4. The lowest BCUT2D eigenvalue weighted by Crippen LogP contribution is -1.96. The molecule has 0 amide bonds. The number of aromatic nitrogens is 4. The highest BCUT2D eigenvalue weighted by Crippen LogP contribution is 2.41. The lowest BCUT2D eigenvalue weighted by molar-refractivity contribution is 1.17. The summed E-state index contributed by atoms with van der Waals surface area (Å²) >= 11 is 0. The molecule has 4 aromatic heterocycles. The van der Waals surface area contributed by atoms with Gasteiger partial charge in [0.25, 0.3) is 0 Å². The fourth-order valence-corrected chi connectivity index (χ4v) is 8.41. The van der Waals surface area contributed by atoms with Crippen molar-refractivity contribution in [3.63, 3.8) is 0 Å². The molecular formula is C52H34N4. The van der Waals surface area contributed by atoms with Gasteiger partial charge in [-0.1, -0.05) is 133 Å². The molecule has 0 radical (unpaired) electrons. The van der Waals surface area contributed by atoms with Gasteiger partial charge >= 0.3 is 0 Å². The molecule has 0 fully saturated rings. The molecule has 0 aliphatic carbocycles. The first-order chi connectivity index (χ1) is 27.8. The van der Waals surface area contributed by atoms with Crippen LogP contribution in [0.25, 0.3) is 99.9 Å². The Kier molecular flexibility index (Phi) is 7.46. The van der Waals surface area contributed by atoms with Crippen molar-refractivity contribution in [3.8, 4) is 56.1 Å². The first kappa shape index (κ1) is 31.9. The zero-order valence-electron chi connectivity index (χ0n) is 30.4. The molecule has 0 bridgehead atoms. The van der Waals surface area contributed by atoms with Crippen molar-refractivity contribution in [3.05, 3.63) is 206 Å². The van der Waals surface area contributed by atoms with Gasteiger partial charge in [0.1, 0.15) is 0 Å². The van der Waals surface area contributed by atoms with Crippen molar-refractivity contribution in [1.29, 1.82) is 0 Å². The first-order valence-corrected chi connectivity index (χ1v) is 19.0.